The standard InChI is InChI=1S/C26H25N5O5/c32-26(28-14-17-4-7-23-24(11-17)36-16-35-23)20-13-18-12-19(31(33)34)5-6-21(18)30-10-9-29(15-22(20)30)25-3-1-2-8-27-25/h1-8,11-12,20,22H,9-10,13-16H2,(H,28,32)/t20-,22+/m0/s1. The predicted molar refractivity (Wildman–Crippen MR) is 132 cm³/mol. The Labute approximate surface area is 207 Å². The molecule has 1 amide bonds. The second-order valence-electron chi connectivity index (χ2n) is 9.18. The summed E-state index contributed by atoms with van der Waals surface area (Å²) >= 11 is 0. The van der Waals surface area contributed by atoms with Crippen LogP contribution in [-0.4, -0.2) is 48.3 Å². The van der Waals surface area contributed by atoms with Crippen LogP contribution in [0, 0.1) is 16.0 Å². The molecule has 184 valence electrons. The normalized spacial score (nSPS) is 19.9. The Bertz CT molecular complexity index is 1320. The average molecular weight is 488 g/mol. The molecule has 0 radical (unpaired) electrons. The van der Waals surface area contributed by atoms with E-state index in [1.807, 2.05) is 42.5 Å². The van der Waals surface area contributed by atoms with Crippen molar-refractivity contribution in [1.82, 2.24) is 10.3 Å². The number of nitro benzene ring substituents is 1. The quantitative estimate of drug-likeness (QED) is 0.432. The van der Waals surface area contributed by atoms with Gasteiger partial charge in [0, 0.05) is 50.2 Å². The van der Waals surface area contributed by atoms with Crippen molar-refractivity contribution in [2.24, 2.45) is 5.92 Å². The molecule has 10 nitrogen and oxygen atoms in total. The highest BCUT2D eigenvalue weighted by atomic mass is 16.7. The van der Waals surface area contributed by atoms with Gasteiger partial charge in [-0.3, -0.25) is 14.9 Å². The zero-order valence-electron chi connectivity index (χ0n) is 19.5. The van der Waals surface area contributed by atoms with E-state index in [2.05, 4.69) is 20.1 Å². The van der Waals surface area contributed by atoms with Gasteiger partial charge in [-0.2, -0.15) is 0 Å². The number of pyridine rings is 1. The number of amides is 1. The van der Waals surface area contributed by atoms with E-state index in [9.17, 15) is 14.9 Å². The lowest BCUT2D eigenvalue weighted by molar-refractivity contribution is -0.384. The minimum Gasteiger partial charge on any atom is -0.454 e. The van der Waals surface area contributed by atoms with Crippen molar-refractivity contribution in [1.29, 1.82) is 0 Å². The molecule has 2 aromatic carbocycles. The maximum absolute atomic E-state index is 13.6. The molecule has 0 unspecified atom stereocenters. The van der Waals surface area contributed by atoms with E-state index < -0.39 is 0 Å². The van der Waals surface area contributed by atoms with Crippen molar-refractivity contribution in [3.63, 3.8) is 0 Å². The van der Waals surface area contributed by atoms with Gasteiger partial charge in [-0.25, -0.2) is 4.98 Å². The highest BCUT2D eigenvalue weighted by molar-refractivity contribution is 5.82. The molecule has 1 fully saturated rings. The topological polar surface area (TPSA) is 110 Å². The maximum atomic E-state index is 13.6. The van der Waals surface area contributed by atoms with E-state index in [-0.39, 0.29) is 35.3 Å². The lowest BCUT2D eigenvalue weighted by Gasteiger charge is -2.49. The molecule has 0 bridgehead atoms. The summed E-state index contributed by atoms with van der Waals surface area (Å²) in [5.74, 6) is 1.79. The van der Waals surface area contributed by atoms with Crippen LogP contribution in [0.15, 0.2) is 60.8 Å². The Kier molecular flexibility index (Phi) is 5.55. The molecule has 10 heteroatoms. The van der Waals surface area contributed by atoms with Crippen LogP contribution < -0.4 is 24.6 Å². The molecule has 0 spiro atoms. The summed E-state index contributed by atoms with van der Waals surface area (Å²) in [5.41, 5.74) is 2.75. The van der Waals surface area contributed by atoms with Crippen LogP contribution in [-0.2, 0) is 17.8 Å². The van der Waals surface area contributed by atoms with E-state index in [1.165, 1.54) is 0 Å². The van der Waals surface area contributed by atoms with Gasteiger partial charge in [0.15, 0.2) is 11.5 Å². The van der Waals surface area contributed by atoms with Crippen molar-refractivity contribution in [3.8, 4) is 11.5 Å². The average Bonchev–Trinajstić information content (AvgIpc) is 3.39. The Morgan fingerprint density at radius 2 is 2.00 bits per heavy atom. The molecule has 3 aromatic rings. The molecule has 1 N–H and O–H groups in total. The van der Waals surface area contributed by atoms with Gasteiger partial charge in [-0.05, 0) is 47.9 Å². The number of nitro groups is 1. The zero-order chi connectivity index (χ0) is 24.6. The molecular weight excluding hydrogens is 462 g/mol. The Morgan fingerprint density at radius 3 is 2.83 bits per heavy atom. The largest absolute Gasteiger partial charge is 0.454 e. The number of hydrogen-bond acceptors (Lipinski definition) is 8. The minimum absolute atomic E-state index is 0.0406. The number of rotatable bonds is 5. The number of aromatic nitrogens is 1. The number of hydrogen-bond donors (Lipinski definition) is 1. The number of non-ortho nitro benzene ring substituents is 1. The number of nitrogens with one attached hydrogen (secondary N) is 1. The summed E-state index contributed by atoms with van der Waals surface area (Å²) in [6, 6.07) is 16.3. The van der Waals surface area contributed by atoms with Crippen molar-refractivity contribution in [2.75, 3.05) is 36.2 Å². The molecule has 3 aliphatic heterocycles. The Hall–Kier alpha value is -4.34. The number of ether oxygens (including phenoxy) is 2. The second-order valence-corrected chi connectivity index (χ2v) is 9.18. The molecule has 6 rings (SSSR count). The first-order valence-corrected chi connectivity index (χ1v) is 11.9. The van der Waals surface area contributed by atoms with Gasteiger partial charge in [-0.1, -0.05) is 12.1 Å². The zero-order valence-corrected chi connectivity index (χ0v) is 19.5. The van der Waals surface area contributed by atoms with Crippen LogP contribution >= 0.6 is 0 Å². The lowest BCUT2D eigenvalue weighted by Crippen LogP contribution is -2.61. The first kappa shape index (κ1) is 22.1. The molecule has 0 aliphatic carbocycles. The molecule has 3 aliphatic rings. The molecule has 2 atom stereocenters. The van der Waals surface area contributed by atoms with Crippen LogP contribution in [0.2, 0.25) is 0 Å². The number of carbonyl (C=O) groups is 1. The molecule has 36 heavy (non-hydrogen) atoms. The molecule has 1 saturated heterocycles. The van der Waals surface area contributed by atoms with Gasteiger partial charge >= 0.3 is 0 Å². The second kappa shape index (κ2) is 9.03. The summed E-state index contributed by atoms with van der Waals surface area (Å²) in [7, 11) is 0. The number of anilines is 2. The third-order valence-corrected chi connectivity index (χ3v) is 7.12. The highest BCUT2D eigenvalue weighted by Crippen LogP contribution is 2.38. The van der Waals surface area contributed by atoms with Crippen LogP contribution in [0.4, 0.5) is 17.2 Å². The first-order valence-electron chi connectivity index (χ1n) is 11.9. The number of benzene rings is 2. The predicted octanol–water partition coefficient (Wildman–Crippen LogP) is 2.90. The van der Waals surface area contributed by atoms with Crippen LogP contribution in [0.1, 0.15) is 11.1 Å². The molecular formula is C26H25N5O5. The third-order valence-electron chi connectivity index (χ3n) is 7.12. The van der Waals surface area contributed by atoms with Crippen molar-refractivity contribution < 1.29 is 19.2 Å². The number of fused-ring (bicyclic) bond motifs is 4. The lowest BCUT2D eigenvalue weighted by atomic mass is 9.83. The monoisotopic (exact) mass is 487 g/mol. The fourth-order valence-corrected chi connectivity index (χ4v) is 5.34. The van der Waals surface area contributed by atoms with Crippen LogP contribution in [0.3, 0.4) is 0 Å². The van der Waals surface area contributed by atoms with Crippen molar-refractivity contribution in [2.45, 2.75) is 19.0 Å². The first-order chi connectivity index (χ1) is 17.6. The van der Waals surface area contributed by atoms with Crippen LogP contribution in [0.25, 0.3) is 0 Å². The van der Waals surface area contributed by atoms with E-state index >= 15 is 0 Å². The Morgan fingerprint density at radius 1 is 1.11 bits per heavy atom. The van der Waals surface area contributed by atoms with Gasteiger partial charge < -0.3 is 24.6 Å². The van der Waals surface area contributed by atoms with Gasteiger partial charge in [0.2, 0.25) is 12.7 Å². The summed E-state index contributed by atoms with van der Waals surface area (Å²) in [6.07, 6.45) is 2.20. The Balaban J connectivity index is 1.26. The van der Waals surface area contributed by atoms with Gasteiger partial charge in [-0.15, -0.1) is 0 Å². The summed E-state index contributed by atoms with van der Waals surface area (Å²) < 4.78 is 10.8. The fraction of sp³-hybridized carbons (Fsp3) is 0.308. The van der Waals surface area contributed by atoms with E-state index in [4.69, 9.17) is 9.47 Å². The summed E-state index contributed by atoms with van der Waals surface area (Å²) in [5, 5.41) is 14.5. The molecule has 4 heterocycles. The maximum Gasteiger partial charge on any atom is 0.269 e. The fourth-order valence-electron chi connectivity index (χ4n) is 5.34. The SMILES string of the molecule is O=C(NCc1ccc2c(c1)OCO2)[C@H]1Cc2cc([N+](=O)[O-])ccc2N2CCN(c3ccccn3)C[C@H]12. The van der Waals surface area contributed by atoms with Gasteiger partial charge in [0.25, 0.3) is 5.69 Å². The van der Waals surface area contributed by atoms with E-state index in [0.717, 1.165) is 29.2 Å². The van der Waals surface area contributed by atoms with E-state index in [0.29, 0.717) is 37.6 Å². The van der Waals surface area contributed by atoms with Crippen LogP contribution in [0.5, 0.6) is 11.5 Å². The highest BCUT2D eigenvalue weighted by Gasteiger charge is 2.42. The summed E-state index contributed by atoms with van der Waals surface area (Å²) in [6.45, 7) is 2.62. The van der Waals surface area contributed by atoms with E-state index in [1.54, 1.807) is 18.3 Å². The molecule has 1 aromatic heterocycles. The van der Waals surface area contributed by atoms with Crippen molar-refractivity contribution >= 4 is 23.1 Å². The molecule has 0 saturated carbocycles. The van der Waals surface area contributed by atoms with Gasteiger partial charge in [0.05, 0.1) is 16.9 Å². The number of nitrogens with zero attached hydrogens (tertiary/aromatic N) is 4. The summed E-state index contributed by atoms with van der Waals surface area (Å²) in [4.78, 5) is 33.5. The number of piperazine rings is 1. The minimum atomic E-state index is -0.389. The third kappa shape index (κ3) is 4.04. The number of carbonyl (C=O) groups excluding carboxylic acids is 1. The van der Waals surface area contributed by atoms with Gasteiger partial charge in [0.1, 0.15) is 5.82 Å². The smallest absolute Gasteiger partial charge is 0.269 e. The van der Waals surface area contributed by atoms with Crippen molar-refractivity contribution in [3.05, 3.63) is 82.0 Å².